The number of benzene rings is 1. The van der Waals surface area contributed by atoms with Gasteiger partial charge in [0.25, 0.3) is 0 Å². The summed E-state index contributed by atoms with van der Waals surface area (Å²) in [6.45, 7) is 2.08. The van der Waals surface area contributed by atoms with E-state index in [-0.39, 0.29) is 23.9 Å². The first-order valence-electron chi connectivity index (χ1n) is 8.36. The van der Waals surface area contributed by atoms with Gasteiger partial charge in [-0.25, -0.2) is 0 Å². The van der Waals surface area contributed by atoms with Crippen LogP contribution in [0.4, 0.5) is 0 Å². The molecule has 1 saturated carbocycles. The summed E-state index contributed by atoms with van der Waals surface area (Å²) in [5, 5.41) is 4.14. The van der Waals surface area contributed by atoms with Crippen LogP contribution >= 0.6 is 12.4 Å². The molecule has 2 unspecified atom stereocenters. The van der Waals surface area contributed by atoms with Gasteiger partial charge >= 0.3 is 0 Å². The van der Waals surface area contributed by atoms with Gasteiger partial charge in [0.05, 0.1) is 20.1 Å². The molecule has 0 radical (unpaired) electrons. The number of halogens is 1. The summed E-state index contributed by atoms with van der Waals surface area (Å²) in [4.78, 5) is 4.59. The summed E-state index contributed by atoms with van der Waals surface area (Å²) in [5.41, 5.74) is 7.20. The van der Waals surface area contributed by atoms with Gasteiger partial charge in [-0.15, -0.1) is 12.4 Å². The maximum atomic E-state index is 6.43. The highest BCUT2D eigenvalue weighted by Crippen LogP contribution is 2.38. The van der Waals surface area contributed by atoms with E-state index in [2.05, 4.69) is 17.1 Å². The zero-order valence-corrected chi connectivity index (χ0v) is 15.8. The van der Waals surface area contributed by atoms with Crippen LogP contribution in [0.15, 0.2) is 22.7 Å². The van der Waals surface area contributed by atoms with Crippen molar-refractivity contribution in [2.45, 2.75) is 50.5 Å². The quantitative estimate of drug-likeness (QED) is 0.871. The summed E-state index contributed by atoms with van der Waals surface area (Å²) in [7, 11) is 3.25. The first-order valence-corrected chi connectivity index (χ1v) is 8.36. The normalized spacial score (nSPS) is 23.0. The molecule has 1 aromatic carbocycles. The van der Waals surface area contributed by atoms with Crippen molar-refractivity contribution >= 4 is 12.4 Å². The average Bonchev–Trinajstić information content (AvgIpc) is 3.02. The van der Waals surface area contributed by atoms with E-state index >= 15 is 0 Å². The number of ether oxygens (including phenoxy) is 2. The second-order valence-corrected chi connectivity index (χ2v) is 6.72. The van der Waals surface area contributed by atoms with E-state index in [0.29, 0.717) is 29.6 Å². The Morgan fingerprint density at radius 3 is 2.68 bits per heavy atom. The maximum Gasteiger partial charge on any atom is 0.231 e. The molecular formula is C18H26ClN3O3. The fourth-order valence-electron chi connectivity index (χ4n) is 3.42. The highest BCUT2D eigenvalue weighted by atomic mass is 35.5. The first-order chi connectivity index (χ1) is 11.5. The van der Waals surface area contributed by atoms with Gasteiger partial charge in [0.1, 0.15) is 0 Å². The van der Waals surface area contributed by atoms with E-state index in [0.717, 1.165) is 31.2 Å². The molecule has 7 heteroatoms. The minimum absolute atomic E-state index is 0. The van der Waals surface area contributed by atoms with E-state index in [1.807, 2.05) is 18.2 Å². The van der Waals surface area contributed by atoms with Crippen molar-refractivity contribution in [3.05, 3.63) is 35.5 Å². The molecule has 1 aliphatic carbocycles. The van der Waals surface area contributed by atoms with Gasteiger partial charge in [-0.2, -0.15) is 4.98 Å². The lowest BCUT2D eigenvalue weighted by Crippen LogP contribution is -2.44. The van der Waals surface area contributed by atoms with Crippen LogP contribution in [0.2, 0.25) is 0 Å². The number of methoxy groups -OCH3 is 2. The SMILES string of the molecule is COc1ccc(Cc2noc(C3CCCCC3(C)N)n2)cc1OC.Cl. The number of hydrogen-bond donors (Lipinski definition) is 1. The topological polar surface area (TPSA) is 83.4 Å². The lowest BCUT2D eigenvalue weighted by atomic mass is 9.74. The Hall–Kier alpha value is -1.79. The Balaban J connectivity index is 0.00000225. The van der Waals surface area contributed by atoms with Gasteiger partial charge in [0.2, 0.25) is 5.89 Å². The van der Waals surface area contributed by atoms with Gasteiger partial charge in [0.15, 0.2) is 17.3 Å². The van der Waals surface area contributed by atoms with Crippen molar-refractivity contribution < 1.29 is 14.0 Å². The summed E-state index contributed by atoms with van der Waals surface area (Å²) < 4.78 is 16.1. The minimum Gasteiger partial charge on any atom is -0.493 e. The summed E-state index contributed by atoms with van der Waals surface area (Å²) >= 11 is 0. The number of rotatable bonds is 5. The summed E-state index contributed by atoms with van der Waals surface area (Å²) in [6.07, 6.45) is 4.90. The number of nitrogens with two attached hydrogens (primary N) is 1. The molecule has 1 aromatic heterocycles. The van der Waals surface area contributed by atoms with Crippen molar-refractivity contribution in [2.24, 2.45) is 5.73 Å². The molecule has 2 aromatic rings. The van der Waals surface area contributed by atoms with Crippen LogP contribution in [-0.2, 0) is 6.42 Å². The van der Waals surface area contributed by atoms with Crippen molar-refractivity contribution in [3.63, 3.8) is 0 Å². The maximum absolute atomic E-state index is 6.43. The fourth-order valence-corrected chi connectivity index (χ4v) is 3.42. The Kier molecular flexibility index (Phi) is 6.30. The molecule has 25 heavy (non-hydrogen) atoms. The van der Waals surface area contributed by atoms with Crippen LogP contribution in [0, 0.1) is 0 Å². The standard InChI is InChI=1S/C18H25N3O3.ClH/c1-18(19)9-5-4-6-13(18)17-20-16(21-24-17)11-12-7-8-14(22-2)15(10-12)23-3;/h7-8,10,13H,4-6,9,11,19H2,1-3H3;1H. The van der Waals surface area contributed by atoms with Gasteiger partial charge in [0, 0.05) is 12.0 Å². The lowest BCUT2D eigenvalue weighted by molar-refractivity contribution is 0.223. The third-order valence-corrected chi connectivity index (χ3v) is 4.85. The fraction of sp³-hybridized carbons (Fsp3) is 0.556. The third-order valence-electron chi connectivity index (χ3n) is 4.85. The Labute approximate surface area is 154 Å². The molecule has 138 valence electrons. The molecule has 0 spiro atoms. The highest BCUT2D eigenvalue weighted by molar-refractivity contribution is 5.85. The molecule has 3 rings (SSSR count). The van der Waals surface area contributed by atoms with Crippen molar-refractivity contribution in [2.75, 3.05) is 14.2 Å². The molecule has 1 aliphatic rings. The Bertz CT molecular complexity index is 703. The third kappa shape index (κ3) is 4.25. The predicted molar refractivity (Wildman–Crippen MR) is 97.7 cm³/mol. The average molecular weight is 368 g/mol. The van der Waals surface area contributed by atoms with Gasteiger partial charge in [-0.05, 0) is 37.5 Å². The molecule has 0 bridgehead atoms. The van der Waals surface area contributed by atoms with E-state index in [9.17, 15) is 0 Å². The molecular weight excluding hydrogens is 342 g/mol. The number of hydrogen-bond acceptors (Lipinski definition) is 6. The van der Waals surface area contributed by atoms with Crippen LogP contribution < -0.4 is 15.2 Å². The highest BCUT2D eigenvalue weighted by Gasteiger charge is 2.37. The molecule has 1 heterocycles. The van der Waals surface area contributed by atoms with E-state index in [4.69, 9.17) is 19.7 Å². The van der Waals surface area contributed by atoms with Crippen LogP contribution in [0.25, 0.3) is 0 Å². The van der Waals surface area contributed by atoms with Crippen LogP contribution in [0.1, 0.15) is 55.8 Å². The smallest absolute Gasteiger partial charge is 0.231 e. The molecule has 0 amide bonds. The lowest BCUT2D eigenvalue weighted by Gasteiger charge is -2.35. The Morgan fingerprint density at radius 2 is 2.00 bits per heavy atom. The Morgan fingerprint density at radius 1 is 1.24 bits per heavy atom. The van der Waals surface area contributed by atoms with Gasteiger partial charge < -0.3 is 19.7 Å². The van der Waals surface area contributed by atoms with Crippen LogP contribution in [0.3, 0.4) is 0 Å². The largest absolute Gasteiger partial charge is 0.493 e. The van der Waals surface area contributed by atoms with Crippen LogP contribution in [-0.4, -0.2) is 29.9 Å². The number of aromatic nitrogens is 2. The van der Waals surface area contributed by atoms with E-state index in [1.165, 1.54) is 0 Å². The minimum atomic E-state index is -0.272. The van der Waals surface area contributed by atoms with Gasteiger partial charge in [-0.3, -0.25) is 0 Å². The zero-order chi connectivity index (χ0) is 17.2. The summed E-state index contributed by atoms with van der Waals surface area (Å²) in [5.74, 6) is 2.86. The second-order valence-electron chi connectivity index (χ2n) is 6.72. The molecule has 0 aliphatic heterocycles. The van der Waals surface area contributed by atoms with Gasteiger partial charge in [-0.1, -0.05) is 24.1 Å². The number of nitrogens with zero attached hydrogens (tertiary/aromatic N) is 2. The second kappa shape index (κ2) is 8.06. The van der Waals surface area contributed by atoms with Crippen molar-refractivity contribution in [1.29, 1.82) is 0 Å². The monoisotopic (exact) mass is 367 g/mol. The molecule has 2 N–H and O–H groups in total. The molecule has 1 fully saturated rings. The van der Waals surface area contributed by atoms with Crippen molar-refractivity contribution in [3.8, 4) is 11.5 Å². The van der Waals surface area contributed by atoms with Crippen LogP contribution in [0.5, 0.6) is 11.5 Å². The zero-order valence-electron chi connectivity index (χ0n) is 14.9. The van der Waals surface area contributed by atoms with E-state index < -0.39 is 0 Å². The van der Waals surface area contributed by atoms with Crippen molar-refractivity contribution in [1.82, 2.24) is 10.1 Å². The predicted octanol–water partition coefficient (Wildman–Crippen LogP) is 3.47. The van der Waals surface area contributed by atoms with E-state index in [1.54, 1.807) is 14.2 Å². The molecule has 0 saturated heterocycles. The first kappa shape index (κ1) is 19.5. The summed E-state index contributed by atoms with van der Waals surface area (Å²) in [6, 6.07) is 5.79. The molecule has 2 atom stereocenters. The molecule has 6 nitrogen and oxygen atoms in total.